The highest BCUT2D eigenvalue weighted by atomic mass is 79.9. The normalized spacial score (nSPS) is 15.3. The lowest BCUT2D eigenvalue weighted by Gasteiger charge is -2.33. The summed E-state index contributed by atoms with van der Waals surface area (Å²) in [6, 6.07) is 17.6. The van der Waals surface area contributed by atoms with Crippen LogP contribution in [0.5, 0.6) is 5.75 Å². The fourth-order valence-corrected chi connectivity index (χ4v) is 4.76. The third kappa shape index (κ3) is 4.33. The Morgan fingerprint density at radius 2 is 1.84 bits per heavy atom. The molecule has 0 aliphatic carbocycles. The van der Waals surface area contributed by atoms with Crippen LogP contribution in [0.1, 0.15) is 18.4 Å². The first-order chi connectivity index (χ1) is 15.6. The molecule has 0 radical (unpaired) electrons. The van der Waals surface area contributed by atoms with Crippen molar-refractivity contribution < 1.29 is 5.11 Å². The largest absolute Gasteiger partial charge is 0.508 e. The number of nitrogens with zero attached hydrogens (tertiary/aromatic N) is 4. The van der Waals surface area contributed by atoms with Gasteiger partial charge in [-0.15, -0.1) is 0 Å². The highest BCUT2D eigenvalue weighted by molar-refractivity contribution is 9.10. The van der Waals surface area contributed by atoms with Gasteiger partial charge in [-0.25, -0.2) is 4.98 Å². The first-order valence-electron chi connectivity index (χ1n) is 10.6. The zero-order valence-corrected chi connectivity index (χ0v) is 19.7. The summed E-state index contributed by atoms with van der Waals surface area (Å²) in [4.78, 5) is 7.17. The van der Waals surface area contributed by atoms with Crippen molar-refractivity contribution in [2.24, 2.45) is 0 Å². The number of hydrogen-bond acceptors (Lipinski definition) is 5. The van der Waals surface area contributed by atoms with Crippen LogP contribution in [0.4, 0.5) is 5.82 Å². The number of nitrogens with one attached hydrogen (secondary N) is 1. The highest BCUT2D eigenvalue weighted by Crippen LogP contribution is 2.31. The summed E-state index contributed by atoms with van der Waals surface area (Å²) in [5, 5.41) is 18.9. The van der Waals surface area contributed by atoms with Crippen LogP contribution in [0.3, 0.4) is 0 Å². The van der Waals surface area contributed by atoms with E-state index in [9.17, 15) is 5.11 Å². The Hall–Kier alpha value is -2.61. The number of halogens is 2. The molecule has 1 fully saturated rings. The van der Waals surface area contributed by atoms with Crippen LogP contribution >= 0.6 is 27.5 Å². The van der Waals surface area contributed by atoms with Gasteiger partial charge in [0.2, 0.25) is 0 Å². The Bertz CT molecular complexity index is 1250. The van der Waals surface area contributed by atoms with E-state index in [0.29, 0.717) is 16.8 Å². The number of aromatic hydroxyl groups is 1. The number of para-hydroxylation sites is 1. The number of benzene rings is 2. The molecule has 1 saturated heterocycles. The van der Waals surface area contributed by atoms with Gasteiger partial charge in [0.05, 0.1) is 16.4 Å². The van der Waals surface area contributed by atoms with Gasteiger partial charge in [-0.1, -0.05) is 48.0 Å². The number of aromatic nitrogens is 3. The summed E-state index contributed by atoms with van der Waals surface area (Å²) in [5.74, 6) is 1.26. The molecule has 1 aliphatic heterocycles. The van der Waals surface area contributed by atoms with Crippen LogP contribution in [0.2, 0.25) is 5.02 Å². The van der Waals surface area contributed by atoms with E-state index in [0.717, 1.165) is 65.2 Å². The van der Waals surface area contributed by atoms with E-state index >= 15 is 0 Å². The first-order valence-corrected chi connectivity index (χ1v) is 11.8. The van der Waals surface area contributed by atoms with Crippen molar-refractivity contribution >= 4 is 39.0 Å². The third-order valence-electron chi connectivity index (χ3n) is 5.90. The predicted molar refractivity (Wildman–Crippen MR) is 131 cm³/mol. The van der Waals surface area contributed by atoms with Gasteiger partial charge in [0.25, 0.3) is 0 Å². The molecule has 8 heteroatoms. The average Bonchev–Trinajstić information content (AvgIpc) is 3.18. The second kappa shape index (κ2) is 9.10. The SMILES string of the molecule is Oc1ccccc1CN1CCC(Nc2cc(-c3ccccc3Cl)nc3c(Br)cnn23)CC1. The maximum absolute atomic E-state index is 10.1. The minimum Gasteiger partial charge on any atom is -0.508 e. The molecule has 6 nitrogen and oxygen atoms in total. The second-order valence-corrected chi connectivity index (χ2v) is 9.32. The predicted octanol–water partition coefficient (Wildman–Crippen LogP) is 5.59. The fourth-order valence-electron chi connectivity index (χ4n) is 4.18. The summed E-state index contributed by atoms with van der Waals surface area (Å²) < 4.78 is 2.67. The van der Waals surface area contributed by atoms with Crippen molar-refractivity contribution in [2.75, 3.05) is 18.4 Å². The summed E-state index contributed by atoms with van der Waals surface area (Å²) >= 11 is 10.0. The number of rotatable bonds is 5. The molecule has 2 N–H and O–H groups in total. The van der Waals surface area contributed by atoms with Gasteiger partial charge in [-0.05, 0) is 40.9 Å². The van der Waals surface area contributed by atoms with Crippen molar-refractivity contribution in [3.05, 3.63) is 75.9 Å². The molecular weight excluding hydrogens is 490 g/mol. The summed E-state index contributed by atoms with van der Waals surface area (Å²) in [7, 11) is 0. The van der Waals surface area contributed by atoms with Gasteiger partial charge >= 0.3 is 0 Å². The smallest absolute Gasteiger partial charge is 0.172 e. The standard InChI is InChI=1S/C24H23BrClN5O/c25-19-14-27-31-23(13-21(29-24(19)31)18-6-2-3-7-20(18)26)28-17-9-11-30(12-10-17)15-16-5-1-4-8-22(16)32/h1-8,13-14,17,28,32H,9-12,15H2. The van der Waals surface area contributed by atoms with Crippen LogP contribution in [0.25, 0.3) is 16.9 Å². The maximum Gasteiger partial charge on any atom is 0.172 e. The maximum atomic E-state index is 10.1. The van der Waals surface area contributed by atoms with E-state index in [1.165, 1.54) is 0 Å². The number of hydrogen-bond donors (Lipinski definition) is 2. The van der Waals surface area contributed by atoms with Gasteiger partial charge in [0.1, 0.15) is 11.6 Å². The van der Waals surface area contributed by atoms with Crippen LogP contribution in [-0.2, 0) is 6.54 Å². The lowest BCUT2D eigenvalue weighted by Crippen LogP contribution is -2.39. The van der Waals surface area contributed by atoms with Gasteiger partial charge in [-0.2, -0.15) is 9.61 Å². The minimum atomic E-state index is 0.322. The van der Waals surface area contributed by atoms with Crippen LogP contribution in [-0.4, -0.2) is 43.7 Å². The van der Waals surface area contributed by atoms with E-state index < -0.39 is 0 Å². The monoisotopic (exact) mass is 511 g/mol. The molecule has 1 aliphatic rings. The molecule has 0 saturated carbocycles. The number of anilines is 1. The zero-order chi connectivity index (χ0) is 22.1. The van der Waals surface area contributed by atoms with Gasteiger partial charge in [0, 0.05) is 47.9 Å². The lowest BCUT2D eigenvalue weighted by molar-refractivity contribution is 0.209. The fraction of sp³-hybridized carbons (Fsp3) is 0.250. The van der Waals surface area contributed by atoms with Gasteiger partial charge < -0.3 is 10.4 Å². The molecule has 0 spiro atoms. The third-order valence-corrected chi connectivity index (χ3v) is 6.79. The zero-order valence-electron chi connectivity index (χ0n) is 17.4. The number of piperidine rings is 1. The summed E-state index contributed by atoms with van der Waals surface area (Å²) in [6.45, 7) is 2.68. The topological polar surface area (TPSA) is 65.7 Å². The first kappa shape index (κ1) is 21.2. The molecule has 3 heterocycles. The molecule has 2 aromatic carbocycles. The minimum absolute atomic E-state index is 0.322. The van der Waals surface area contributed by atoms with E-state index in [1.54, 1.807) is 12.3 Å². The summed E-state index contributed by atoms with van der Waals surface area (Å²) in [5.41, 5.74) is 3.43. The Kier molecular flexibility index (Phi) is 6.04. The molecule has 4 aromatic rings. The average molecular weight is 513 g/mol. The van der Waals surface area contributed by atoms with E-state index in [1.807, 2.05) is 53.0 Å². The Morgan fingerprint density at radius 1 is 1.09 bits per heavy atom. The lowest BCUT2D eigenvalue weighted by atomic mass is 10.0. The molecule has 0 bridgehead atoms. The van der Waals surface area contributed by atoms with Crippen LogP contribution in [0, 0.1) is 0 Å². The Labute approximate surface area is 200 Å². The van der Waals surface area contributed by atoms with E-state index in [2.05, 4.69) is 31.2 Å². The van der Waals surface area contributed by atoms with Crippen molar-refractivity contribution in [3.63, 3.8) is 0 Å². The molecule has 0 amide bonds. The number of phenols is 1. The quantitative estimate of drug-likeness (QED) is 0.365. The molecule has 0 unspecified atom stereocenters. The molecule has 32 heavy (non-hydrogen) atoms. The van der Waals surface area contributed by atoms with Crippen molar-refractivity contribution in [1.29, 1.82) is 0 Å². The molecule has 0 atom stereocenters. The van der Waals surface area contributed by atoms with Crippen molar-refractivity contribution in [3.8, 4) is 17.0 Å². The van der Waals surface area contributed by atoms with Crippen LogP contribution in [0.15, 0.2) is 65.3 Å². The molecular formula is C24H23BrClN5O. The van der Waals surface area contributed by atoms with E-state index in [4.69, 9.17) is 16.6 Å². The van der Waals surface area contributed by atoms with Crippen LogP contribution < -0.4 is 5.32 Å². The Morgan fingerprint density at radius 3 is 2.62 bits per heavy atom. The summed E-state index contributed by atoms with van der Waals surface area (Å²) in [6.07, 6.45) is 3.77. The number of likely N-dealkylation sites (tertiary alicyclic amines) is 1. The van der Waals surface area contributed by atoms with Gasteiger partial charge in [-0.3, -0.25) is 4.90 Å². The van der Waals surface area contributed by atoms with Gasteiger partial charge in [0.15, 0.2) is 5.65 Å². The Balaban J connectivity index is 1.34. The number of fused-ring (bicyclic) bond motifs is 1. The second-order valence-electron chi connectivity index (χ2n) is 8.06. The van der Waals surface area contributed by atoms with E-state index in [-0.39, 0.29) is 0 Å². The molecule has 164 valence electrons. The van der Waals surface area contributed by atoms with Crippen molar-refractivity contribution in [1.82, 2.24) is 19.5 Å². The van der Waals surface area contributed by atoms with Crippen molar-refractivity contribution in [2.45, 2.75) is 25.4 Å². The number of phenolic OH excluding ortho intramolecular Hbond substituents is 1. The molecule has 2 aromatic heterocycles. The molecule has 5 rings (SSSR count). The highest BCUT2D eigenvalue weighted by Gasteiger charge is 2.22.